The Morgan fingerprint density at radius 1 is 0.950 bits per heavy atom. The molecule has 0 aliphatic carbocycles. The van der Waals surface area contributed by atoms with E-state index in [-0.39, 0.29) is 5.41 Å². The summed E-state index contributed by atoms with van der Waals surface area (Å²) in [6.45, 7) is 7.86. The van der Waals surface area contributed by atoms with E-state index in [9.17, 15) is 0 Å². The molecule has 0 aromatic heterocycles. The van der Waals surface area contributed by atoms with Crippen LogP contribution in [0, 0.1) is 0 Å². The first-order valence-electron chi connectivity index (χ1n) is 7.49. The maximum Gasteiger partial charge on any atom is 0.0379 e. The lowest BCUT2D eigenvalue weighted by Gasteiger charge is -2.28. The van der Waals surface area contributed by atoms with Gasteiger partial charge in [-0.05, 0) is 34.6 Å². The third kappa shape index (κ3) is 2.45. The molecule has 1 N–H and O–H groups in total. The van der Waals surface area contributed by atoms with E-state index in [4.69, 9.17) is 0 Å². The number of rotatable bonds is 1. The van der Waals surface area contributed by atoms with Gasteiger partial charge in [-0.2, -0.15) is 0 Å². The zero-order valence-corrected chi connectivity index (χ0v) is 12.6. The van der Waals surface area contributed by atoms with Crippen LogP contribution in [0.5, 0.6) is 0 Å². The number of anilines is 1. The Morgan fingerprint density at radius 2 is 1.65 bits per heavy atom. The summed E-state index contributed by atoms with van der Waals surface area (Å²) in [6.07, 6.45) is 1.17. The number of hydrogen-bond donors (Lipinski definition) is 1. The molecule has 1 atom stereocenters. The van der Waals surface area contributed by atoms with Crippen LogP contribution in [0.3, 0.4) is 0 Å². The lowest BCUT2D eigenvalue weighted by molar-refractivity contribution is 0.589. The lowest BCUT2D eigenvalue weighted by atomic mass is 9.82. The highest BCUT2D eigenvalue weighted by Crippen LogP contribution is 2.36. The molecule has 1 heterocycles. The Morgan fingerprint density at radius 3 is 2.35 bits per heavy atom. The predicted octanol–water partition coefficient (Wildman–Crippen LogP) is 4.93. The van der Waals surface area contributed by atoms with Gasteiger partial charge in [0.25, 0.3) is 0 Å². The van der Waals surface area contributed by atoms with Crippen LogP contribution in [0.25, 0.3) is 0 Å². The summed E-state index contributed by atoms with van der Waals surface area (Å²) in [5.74, 6) is 0.529. The smallest absolute Gasteiger partial charge is 0.0379 e. The zero-order valence-electron chi connectivity index (χ0n) is 12.6. The van der Waals surface area contributed by atoms with E-state index < -0.39 is 0 Å². The molecule has 1 aliphatic heterocycles. The van der Waals surface area contributed by atoms with Crippen LogP contribution in [0.4, 0.5) is 5.69 Å². The molecule has 0 radical (unpaired) electrons. The molecule has 0 saturated heterocycles. The summed E-state index contributed by atoms with van der Waals surface area (Å²) in [5, 5.41) is 3.50. The van der Waals surface area contributed by atoms with Gasteiger partial charge in [-0.15, -0.1) is 0 Å². The standard InChI is InChI=1S/C19H23N/c1-19(2,3)15-10-8-14(9-11-15)16-12-13-20-18-7-5-4-6-17(16)18/h4-11,16,20H,12-13H2,1-3H3. The summed E-state index contributed by atoms with van der Waals surface area (Å²) in [4.78, 5) is 0. The molecule has 1 aliphatic rings. The van der Waals surface area contributed by atoms with E-state index in [2.05, 4.69) is 74.6 Å². The van der Waals surface area contributed by atoms with Crippen molar-refractivity contribution in [2.24, 2.45) is 0 Å². The second-order valence-electron chi connectivity index (χ2n) is 6.73. The lowest BCUT2D eigenvalue weighted by Crippen LogP contribution is -2.18. The van der Waals surface area contributed by atoms with Crippen LogP contribution in [0.2, 0.25) is 0 Å². The van der Waals surface area contributed by atoms with E-state index in [1.54, 1.807) is 0 Å². The van der Waals surface area contributed by atoms with Crippen LogP contribution in [0.15, 0.2) is 48.5 Å². The van der Waals surface area contributed by atoms with Gasteiger partial charge in [0.15, 0.2) is 0 Å². The van der Waals surface area contributed by atoms with Crippen molar-refractivity contribution in [3.63, 3.8) is 0 Å². The number of fused-ring (bicyclic) bond motifs is 1. The minimum Gasteiger partial charge on any atom is -0.385 e. The van der Waals surface area contributed by atoms with Crippen LogP contribution in [-0.4, -0.2) is 6.54 Å². The van der Waals surface area contributed by atoms with Gasteiger partial charge in [0.05, 0.1) is 0 Å². The molecule has 1 unspecified atom stereocenters. The van der Waals surface area contributed by atoms with E-state index in [0.717, 1.165) is 6.54 Å². The van der Waals surface area contributed by atoms with Gasteiger partial charge in [-0.25, -0.2) is 0 Å². The van der Waals surface area contributed by atoms with E-state index in [0.29, 0.717) is 5.92 Å². The second kappa shape index (κ2) is 4.97. The Bertz CT molecular complexity index is 590. The fourth-order valence-electron chi connectivity index (χ4n) is 3.03. The van der Waals surface area contributed by atoms with Gasteiger partial charge in [0.2, 0.25) is 0 Å². The van der Waals surface area contributed by atoms with Crippen molar-refractivity contribution >= 4 is 5.69 Å². The minimum atomic E-state index is 0.227. The monoisotopic (exact) mass is 265 g/mol. The van der Waals surface area contributed by atoms with Gasteiger partial charge < -0.3 is 5.32 Å². The van der Waals surface area contributed by atoms with Crippen LogP contribution in [0.1, 0.15) is 49.8 Å². The molecule has 2 aromatic rings. The largest absolute Gasteiger partial charge is 0.385 e. The third-order valence-corrected chi connectivity index (χ3v) is 4.26. The van der Waals surface area contributed by atoms with E-state index in [1.165, 1.54) is 28.8 Å². The molecule has 1 heteroatoms. The summed E-state index contributed by atoms with van der Waals surface area (Å²) in [5.41, 5.74) is 5.80. The fourth-order valence-corrected chi connectivity index (χ4v) is 3.03. The first kappa shape index (κ1) is 13.2. The minimum absolute atomic E-state index is 0.227. The second-order valence-corrected chi connectivity index (χ2v) is 6.73. The normalized spacial score (nSPS) is 18.2. The number of hydrogen-bond acceptors (Lipinski definition) is 1. The highest BCUT2D eigenvalue weighted by atomic mass is 14.9. The van der Waals surface area contributed by atoms with Crippen LogP contribution >= 0.6 is 0 Å². The van der Waals surface area contributed by atoms with Crippen molar-refractivity contribution in [2.45, 2.75) is 38.5 Å². The van der Waals surface area contributed by atoms with Crippen molar-refractivity contribution in [3.8, 4) is 0 Å². The zero-order chi connectivity index (χ0) is 14.2. The number of benzene rings is 2. The van der Waals surface area contributed by atoms with Gasteiger partial charge in [-0.1, -0.05) is 63.2 Å². The Labute approximate surface area is 122 Å². The first-order chi connectivity index (χ1) is 9.55. The SMILES string of the molecule is CC(C)(C)c1ccc(C2CCNc3ccccc32)cc1. The molecule has 0 bridgehead atoms. The summed E-state index contributed by atoms with van der Waals surface area (Å²) in [7, 11) is 0. The average molecular weight is 265 g/mol. The van der Waals surface area contributed by atoms with Crippen LogP contribution in [-0.2, 0) is 5.41 Å². The number of nitrogens with one attached hydrogen (secondary N) is 1. The summed E-state index contributed by atoms with van der Waals surface area (Å²) in [6, 6.07) is 17.9. The van der Waals surface area contributed by atoms with Gasteiger partial charge in [0.1, 0.15) is 0 Å². The molecule has 0 spiro atoms. The fraction of sp³-hybridized carbons (Fsp3) is 0.368. The molecular formula is C19H23N. The molecule has 20 heavy (non-hydrogen) atoms. The Hall–Kier alpha value is -1.76. The van der Waals surface area contributed by atoms with Crippen molar-refractivity contribution in [1.82, 2.24) is 0 Å². The van der Waals surface area contributed by atoms with Crippen LogP contribution < -0.4 is 5.32 Å². The van der Waals surface area contributed by atoms with Crippen molar-refractivity contribution < 1.29 is 0 Å². The summed E-state index contributed by atoms with van der Waals surface area (Å²) >= 11 is 0. The van der Waals surface area contributed by atoms with Crippen molar-refractivity contribution in [1.29, 1.82) is 0 Å². The highest BCUT2D eigenvalue weighted by Gasteiger charge is 2.21. The molecule has 3 rings (SSSR count). The first-order valence-corrected chi connectivity index (χ1v) is 7.49. The van der Waals surface area contributed by atoms with Gasteiger partial charge in [0, 0.05) is 18.2 Å². The molecule has 0 saturated carbocycles. The Balaban J connectivity index is 1.95. The van der Waals surface area contributed by atoms with Gasteiger partial charge >= 0.3 is 0 Å². The van der Waals surface area contributed by atoms with Gasteiger partial charge in [-0.3, -0.25) is 0 Å². The summed E-state index contributed by atoms with van der Waals surface area (Å²) < 4.78 is 0. The molecule has 0 fully saturated rings. The molecular weight excluding hydrogens is 242 g/mol. The van der Waals surface area contributed by atoms with Crippen molar-refractivity contribution in [2.75, 3.05) is 11.9 Å². The maximum absolute atomic E-state index is 3.50. The molecule has 2 aromatic carbocycles. The van der Waals surface area contributed by atoms with Crippen molar-refractivity contribution in [3.05, 3.63) is 65.2 Å². The van der Waals surface area contributed by atoms with E-state index >= 15 is 0 Å². The topological polar surface area (TPSA) is 12.0 Å². The quantitative estimate of drug-likeness (QED) is 0.770. The molecule has 1 nitrogen and oxygen atoms in total. The maximum atomic E-state index is 3.50. The number of para-hydroxylation sites is 1. The Kier molecular flexibility index (Phi) is 3.29. The predicted molar refractivity (Wildman–Crippen MR) is 86.5 cm³/mol. The third-order valence-electron chi connectivity index (χ3n) is 4.26. The molecule has 0 amide bonds. The van der Waals surface area contributed by atoms with E-state index in [1.807, 2.05) is 0 Å². The average Bonchev–Trinajstić information content (AvgIpc) is 2.46. The highest BCUT2D eigenvalue weighted by molar-refractivity contribution is 5.57. The molecule has 104 valence electrons.